The van der Waals surface area contributed by atoms with E-state index >= 15 is 0 Å². The highest BCUT2D eigenvalue weighted by Crippen LogP contribution is 2.13. The first kappa shape index (κ1) is 20.9. The fourth-order valence-electron chi connectivity index (χ4n) is 2.37. The Labute approximate surface area is 150 Å². The van der Waals surface area contributed by atoms with Crippen LogP contribution < -0.4 is 10.0 Å². The maximum atomic E-state index is 12.5. The summed E-state index contributed by atoms with van der Waals surface area (Å²) in [5, 5.41) is 3.25. The van der Waals surface area contributed by atoms with Gasteiger partial charge in [0.25, 0.3) is 5.91 Å². The lowest BCUT2D eigenvalue weighted by Gasteiger charge is -2.20. The molecule has 1 amide bonds. The Kier molecular flexibility index (Phi) is 8.15. The zero-order valence-electron chi connectivity index (χ0n) is 14.1. The van der Waals surface area contributed by atoms with Crippen molar-refractivity contribution >= 4 is 28.3 Å². The van der Waals surface area contributed by atoms with E-state index in [0.717, 1.165) is 26.1 Å². The minimum Gasteiger partial charge on any atom is -0.337 e. The van der Waals surface area contributed by atoms with Crippen molar-refractivity contribution in [1.29, 1.82) is 0 Å². The average Bonchev–Trinajstić information content (AvgIpc) is 2.82. The first-order valence-electron chi connectivity index (χ1n) is 8.00. The maximum Gasteiger partial charge on any atom is 0.253 e. The summed E-state index contributed by atoms with van der Waals surface area (Å²) in [6.07, 6.45) is 0.928. The monoisotopic (exact) mass is 375 g/mol. The van der Waals surface area contributed by atoms with Gasteiger partial charge in [-0.2, -0.15) is 0 Å². The third-order valence-electron chi connectivity index (χ3n) is 3.72. The van der Waals surface area contributed by atoms with Gasteiger partial charge in [-0.1, -0.05) is 13.8 Å². The molecule has 0 aliphatic carbocycles. The van der Waals surface area contributed by atoms with Gasteiger partial charge in [-0.15, -0.1) is 12.4 Å². The number of hydrogen-bond acceptors (Lipinski definition) is 4. The molecule has 6 nitrogen and oxygen atoms in total. The molecule has 1 fully saturated rings. The Morgan fingerprint density at radius 3 is 2.50 bits per heavy atom. The van der Waals surface area contributed by atoms with Gasteiger partial charge in [-0.25, -0.2) is 13.1 Å². The predicted molar refractivity (Wildman–Crippen MR) is 97.1 cm³/mol. The fraction of sp³-hybridized carbons (Fsp3) is 0.562. The number of carbonyl (C=O) groups excluding carboxylic acids is 1. The number of benzene rings is 1. The molecule has 24 heavy (non-hydrogen) atoms. The minimum absolute atomic E-state index is 0. The van der Waals surface area contributed by atoms with E-state index in [9.17, 15) is 13.2 Å². The summed E-state index contributed by atoms with van der Waals surface area (Å²) in [6.45, 7) is 7.39. The van der Waals surface area contributed by atoms with Crippen LogP contribution in [0.1, 0.15) is 30.6 Å². The van der Waals surface area contributed by atoms with Crippen molar-refractivity contribution < 1.29 is 13.2 Å². The molecule has 0 radical (unpaired) electrons. The molecule has 0 bridgehead atoms. The van der Waals surface area contributed by atoms with E-state index in [0.29, 0.717) is 18.7 Å². The summed E-state index contributed by atoms with van der Waals surface area (Å²) < 4.78 is 26.9. The summed E-state index contributed by atoms with van der Waals surface area (Å²) in [5.41, 5.74) is 0.523. The number of amides is 1. The number of halogens is 1. The Bertz CT molecular complexity index is 624. The van der Waals surface area contributed by atoms with Gasteiger partial charge in [-0.05, 0) is 43.1 Å². The molecule has 136 valence electrons. The van der Waals surface area contributed by atoms with E-state index in [2.05, 4.69) is 10.0 Å². The Balaban J connectivity index is 0.00000288. The van der Waals surface area contributed by atoms with Crippen molar-refractivity contribution in [2.75, 3.05) is 32.7 Å². The van der Waals surface area contributed by atoms with Crippen LogP contribution in [0.5, 0.6) is 0 Å². The molecule has 1 aliphatic rings. The van der Waals surface area contributed by atoms with E-state index < -0.39 is 10.0 Å². The standard InChI is InChI=1S/C16H25N3O3S.ClH/c1-13(2)12-18-23(21,22)15-6-4-14(5-7-15)16(20)19-10-3-8-17-9-11-19;/h4-7,13,17-18H,3,8-12H2,1-2H3;1H. The number of carbonyl (C=O) groups is 1. The summed E-state index contributed by atoms with van der Waals surface area (Å²) >= 11 is 0. The zero-order valence-corrected chi connectivity index (χ0v) is 15.8. The lowest BCUT2D eigenvalue weighted by Crippen LogP contribution is -2.34. The molecular formula is C16H26ClN3O3S. The molecular weight excluding hydrogens is 350 g/mol. The molecule has 0 saturated carbocycles. The van der Waals surface area contributed by atoms with Crippen LogP contribution in [0, 0.1) is 5.92 Å². The summed E-state index contributed by atoms with van der Waals surface area (Å²) in [5.74, 6) is 0.190. The number of hydrogen-bond donors (Lipinski definition) is 2. The van der Waals surface area contributed by atoms with E-state index in [1.807, 2.05) is 13.8 Å². The predicted octanol–water partition coefficient (Wildman–Crippen LogP) is 1.48. The van der Waals surface area contributed by atoms with Gasteiger partial charge in [0.15, 0.2) is 0 Å². The van der Waals surface area contributed by atoms with Crippen molar-refractivity contribution in [3.05, 3.63) is 29.8 Å². The van der Waals surface area contributed by atoms with Crippen LogP contribution in [0.25, 0.3) is 0 Å². The normalized spacial score (nSPS) is 15.7. The lowest BCUT2D eigenvalue weighted by molar-refractivity contribution is 0.0766. The lowest BCUT2D eigenvalue weighted by atomic mass is 10.2. The molecule has 0 atom stereocenters. The number of rotatable bonds is 5. The molecule has 2 rings (SSSR count). The van der Waals surface area contributed by atoms with Crippen molar-refractivity contribution in [1.82, 2.24) is 14.9 Å². The van der Waals surface area contributed by atoms with Gasteiger partial charge in [0.1, 0.15) is 0 Å². The quantitative estimate of drug-likeness (QED) is 0.817. The fourth-order valence-corrected chi connectivity index (χ4v) is 3.58. The highest BCUT2D eigenvalue weighted by atomic mass is 35.5. The SMILES string of the molecule is CC(C)CNS(=O)(=O)c1ccc(C(=O)N2CCCNCC2)cc1.Cl. The number of nitrogens with zero attached hydrogens (tertiary/aromatic N) is 1. The molecule has 2 N–H and O–H groups in total. The largest absolute Gasteiger partial charge is 0.337 e. The number of sulfonamides is 1. The van der Waals surface area contributed by atoms with E-state index in [1.54, 1.807) is 17.0 Å². The summed E-state index contributed by atoms with van der Waals surface area (Å²) in [4.78, 5) is 14.5. The van der Waals surface area contributed by atoms with Gasteiger partial charge in [0.2, 0.25) is 10.0 Å². The van der Waals surface area contributed by atoms with E-state index in [4.69, 9.17) is 0 Å². The second-order valence-corrected chi connectivity index (χ2v) is 7.93. The molecule has 0 aromatic heterocycles. The molecule has 0 spiro atoms. The minimum atomic E-state index is -3.51. The van der Waals surface area contributed by atoms with Crippen molar-refractivity contribution in [2.24, 2.45) is 5.92 Å². The Morgan fingerprint density at radius 1 is 1.21 bits per heavy atom. The second kappa shape index (κ2) is 9.36. The molecule has 1 saturated heterocycles. The third kappa shape index (κ3) is 5.73. The molecule has 0 unspecified atom stereocenters. The summed E-state index contributed by atoms with van der Waals surface area (Å²) in [7, 11) is -3.51. The van der Waals surface area contributed by atoms with Crippen molar-refractivity contribution in [2.45, 2.75) is 25.2 Å². The van der Waals surface area contributed by atoms with Gasteiger partial charge in [0, 0.05) is 31.7 Å². The van der Waals surface area contributed by atoms with Crippen LogP contribution in [0.15, 0.2) is 29.2 Å². The molecule has 1 heterocycles. The Hall–Kier alpha value is -1.15. The molecule has 1 aromatic carbocycles. The molecule has 1 aliphatic heterocycles. The Morgan fingerprint density at radius 2 is 1.88 bits per heavy atom. The zero-order chi connectivity index (χ0) is 16.9. The molecule has 8 heteroatoms. The topological polar surface area (TPSA) is 78.5 Å². The van der Waals surface area contributed by atoms with Gasteiger partial charge in [-0.3, -0.25) is 4.79 Å². The van der Waals surface area contributed by atoms with Gasteiger partial charge >= 0.3 is 0 Å². The highest BCUT2D eigenvalue weighted by molar-refractivity contribution is 7.89. The highest BCUT2D eigenvalue weighted by Gasteiger charge is 2.19. The first-order valence-corrected chi connectivity index (χ1v) is 9.48. The van der Waals surface area contributed by atoms with Crippen molar-refractivity contribution in [3.8, 4) is 0 Å². The van der Waals surface area contributed by atoms with Crippen LogP contribution in [0.3, 0.4) is 0 Å². The van der Waals surface area contributed by atoms with Crippen LogP contribution in [-0.2, 0) is 10.0 Å². The van der Waals surface area contributed by atoms with Crippen molar-refractivity contribution in [3.63, 3.8) is 0 Å². The smallest absolute Gasteiger partial charge is 0.253 e. The third-order valence-corrected chi connectivity index (χ3v) is 5.16. The molecule has 1 aromatic rings. The summed E-state index contributed by atoms with van der Waals surface area (Å²) in [6, 6.07) is 6.16. The first-order chi connectivity index (χ1) is 10.9. The van der Waals surface area contributed by atoms with Crippen LogP contribution >= 0.6 is 12.4 Å². The van der Waals surface area contributed by atoms with Gasteiger partial charge < -0.3 is 10.2 Å². The maximum absolute atomic E-state index is 12.5. The van der Waals surface area contributed by atoms with E-state index in [-0.39, 0.29) is 29.1 Å². The average molecular weight is 376 g/mol. The van der Waals surface area contributed by atoms with Crippen LogP contribution in [0.4, 0.5) is 0 Å². The van der Waals surface area contributed by atoms with Crippen LogP contribution in [-0.4, -0.2) is 51.9 Å². The van der Waals surface area contributed by atoms with E-state index in [1.165, 1.54) is 12.1 Å². The van der Waals surface area contributed by atoms with Crippen LogP contribution in [0.2, 0.25) is 0 Å². The van der Waals surface area contributed by atoms with Gasteiger partial charge in [0.05, 0.1) is 4.90 Å². The number of nitrogens with one attached hydrogen (secondary N) is 2. The second-order valence-electron chi connectivity index (χ2n) is 6.17.